The van der Waals surface area contributed by atoms with Crippen molar-refractivity contribution in [3.8, 4) is 0 Å². The van der Waals surface area contributed by atoms with Crippen molar-refractivity contribution < 1.29 is 4.79 Å². The van der Waals surface area contributed by atoms with Crippen LogP contribution in [0.2, 0.25) is 0 Å². The second kappa shape index (κ2) is 5.01. The number of nitrogens with zero attached hydrogens (tertiary/aromatic N) is 2. The molecule has 6 heteroatoms. The number of amides is 1. The first-order valence-corrected chi connectivity index (χ1v) is 6.15. The molecule has 2 aromatic rings. The van der Waals surface area contributed by atoms with Crippen molar-refractivity contribution in [3.63, 3.8) is 0 Å². The van der Waals surface area contributed by atoms with Gasteiger partial charge in [-0.25, -0.2) is 0 Å². The van der Waals surface area contributed by atoms with Crippen molar-refractivity contribution >= 4 is 22.9 Å². The minimum Gasteiger partial charge on any atom is -0.396 e. The highest BCUT2D eigenvalue weighted by Gasteiger charge is 2.09. The van der Waals surface area contributed by atoms with E-state index in [1.807, 2.05) is 18.4 Å². The number of carbonyl (C=O) groups excluding carboxylic acids is 1. The molecule has 0 saturated carbocycles. The largest absolute Gasteiger partial charge is 0.396 e. The topological polar surface area (TPSA) is 72.9 Å². The molecule has 5 nitrogen and oxygen atoms in total. The molecule has 2 aromatic heterocycles. The van der Waals surface area contributed by atoms with E-state index < -0.39 is 0 Å². The molecule has 2 rings (SSSR count). The maximum Gasteiger partial charge on any atom is 0.261 e. The van der Waals surface area contributed by atoms with Crippen molar-refractivity contribution in [2.75, 3.05) is 12.3 Å². The van der Waals surface area contributed by atoms with Gasteiger partial charge in [0.05, 0.1) is 23.3 Å². The zero-order chi connectivity index (χ0) is 12.3. The monoisotopic (exact) mass is 250 g/mol. The fourth-order valence-electron chi connectivity index (χ4n) is 1.47. The van der Waals surface area contributed by atoms with E-state index in [2.05, 4.69) is 10.4 Å². The maximum absolute atomic E-state index is 11.8. The molecule has 0 aromatic carbocycles. The second-order valence-corrected chi connectivity index (χ2v) is 4.64. The molecule has 0 spiro atoms. The molecule has 0 aliphatic heterocycles. The number of anilines is 1. The lowest BCUT2D eigenvalue weighted by Gasteiger charge is -2.04. The predicted molar refractivity (Wildman–Crippen MR) is 68.0 cm³/mol. The van der Waals surface area contributed by atoms with Gasteiger partial charge in [-0.15, -0.1) is 11.3 Å². The van der Waals surface area contributed by atoms with Crippen molar-refractivity contribution in [1.82, 2.24) is 15.1 Å². The summed E-state index contributed by atoms with van der Waals surface area (Å²) in [6.07, 6.45) is 3.33. The fraction of sp³-hybridized carbons (Fsp3) is 0.273. The first kappa shape index (κ1) is 11.7. The SMILES string of the molecule is Cc1ccsc1C(=O)NCCn1cc(N)cn1. The van der Waals surface area contributed by atoms with Crippen molar-refractivity contribution in [1.29, 1.82) is 0 Å². The van der Waals surface area contributed by atoms with Gasteiger partial charge in [0.1, 0.15) is 0 Å². The van der Waals surface area contributed by atoms with E-state index in [4.69, 9.17) is 5.73 Å². The van der Waals surface area contributed by atoms with Crippen LogP contribution in [0.15, 0.2) is 23.8 Å². The molecule has 0 unspecified atom stereocenters. The highest BCUT2D eigenvalue weighted by Crippen LogP contribution is 2.14. The van der Waals surface area contributed by atoms with Gasteiger partial charge in [-0.3, -0.25) is 9.48 Å². The molecule has 17 heavy (non-hydrogen) atoms. The third-order valence-corrected chi connectivity index (χ3v) is 3.36. The Morgan fingerprint density at radius 2 is 2.47 bits per heavy atom. The number of thiophene rings is 1. The van der Waals surface area contributed by atoms with Crippen LogP contribution in [0.1, 0.15) is 15.2 Å². The van der Waals surface area contributed by atoms with Gasteiger partial charge in [0.25, 0.3) is 5.91 Å². The van der Waals surface area contributed by atoms with Crippen LogP contribution in [0.3, 0.4) is 0 Å². The van der Waals surface area contributed by atoms with Gasteiger partial charge in [0, 0.05) is 12.7 Å². The van der Waals surface area contributed by atoms with Crippen molar-refractivity contribution in [2.45, 2.75) is 13.5 Å². The fourth-order valence-corrected chi connectivity index (χ4v) is 2.31. The Morgan fingerprint density at radius 1 is 1.65 bits per heavy atom. The molecule has 90 valence electrons. The van der Waals surface area contributed by atoms with Gasteiger partial charge in [-0.2, -0.15) is 5.10 Å². The van der Waals surface area contributed by atoms with E-state index in [1.54, 1.807) is 17.1 Å². The molecule has 0 atom stereocenters. The van der Waals surface area contributed by atoms with E-state index >= 15 is 0 Å². The molecule has 3 N–H and O–H groups in total. The van der Waals surface area contributed by atoms with Gasteiger partial charge in [-0.05, 0) is 23.9 Å². The lowest BCUT2D eigenvalue weighted by atomic mass is 10.3. The van der Waals surface area contributed by atoms with E-state index in [0.717, 1.165) is 10.4 Å². The molecule has 2 heterocycles. The number of carbonyl (C=O) groups is 1. The Labute approximate surface area is 103 Å². The van der Waals surface area contributed by atoms with E-state index in [1.165, 1.54) is 11.3 Å². The van der Waals surface area contributed by atoms with Crippen LogP contribution in [-0.2, 0) is 6.54 Å². The van der Waals surface area contributed by atoms with E-state index in [0.29, 0.717) is 18.8 Å². The summed E-state index contributed by atoms with van der Waals surface area (Å²) in [6.45, 7) is 3.09. The Morgan fingerprint density at radius 3 is 3.06 bits per heavy atom. The van der Waals surface area contributed by atoms with Crippen LogP contribution in [0.5, 0.6) is 0 Å². The minimum absolute atomic E-state index is 0.0300. The molecule has 0 radical (unpaired) electrons. The summed E-state index contributed by atoms with van der Waals surface area (Å²) in [5.41, 5.74) is 7.18. The average molecular weight is 250 g/mol. The lowest BCUT2D eigenvalue weighted by Crippen LogP contribution is -2.27. The standard InChI is InChI=1S/C11H14N4OS/c1-8-2-5-17-10(8)11(16)13-3-4-15-7-9(12)6-14-15/h2,5-7H,3-4,12H2,1H3,(H,13,16). The molecule has 0 aliphatic carbocycles. The Bertz CT molecular complexity index is 517. The molecular formula is C11H14N4OS. The lowest BCUT2D eigenvalue weighted by molar-refractivity contribution is 0.0955. The van der Waals surface area contributed by atoms with Gasteiger partial charge in [0.15, 0.2) is 0 Å². The quantitative estimate of drug-likeness (QED) is 0.858. The van der Waals surface area contributed by atoms with Gasteiger partial charge in [0.2, 0.25) is 0 Å². The second-order valence-electron chi connectivity index (χ2n) is 3.73. The number of aryl methyl sites for hydroxylation is 1. The van der Waals surface area contributed by atoms with Crippen LogP contribution < -0.4 is 11.1 Å². The molecular weight excluding hydrogens is 236 g/mol. The Hall–Kier alpha value is -1.82. The summed E-state index contributed by atoms with van der Waals surface area (Å²) in [7, 11) is 0. The first-order chi connectivity index (χ1) is 8.16. The number of rotatable bonds is 4. The summed E-state index contributed by atoms with van der Waals surface area (Å²) in [6, 6.07) is 1.94. The number of nitrogens with one attached hydrogen (secondary N) is 1. The van der Waals surface area contributed by atoms with Gasteiger partial charge >= 0.3 is 0 Å². The molecule has 1 amide bonds. The minimum atomic E-state index is -0.0300. The normalized spacial score (nSPS) is 10.4. The summed E-state index contributed by atoms with van der Waals surface area (Å²) in [5, 5.41) is 8.80. The molecule has 0 fully saturated rings. The van der Waals surface area contributed by atoms with Crippen LogP contribution >= 0.6 is 11.3 Å². The summed E-state index contributed by atoms with van der Waals surface area (Å²) < 4.78 is 1.71. The van der Waals surface area contributed by atoms with E-state index in [9.17, 15) is 4.79 Å². The highest BCUT2D eigenvalue weighted by atomic mass is 32.1. The third kappa shape index (κ3) is 2.85. The summed E-state index contributed by atoms with van der Waals surface area (Å²) >= 11 is 1.45. The molecule has 0 bridgehead atoms. The van der Waals surface area contributed by atoms with E-state index in [-0.39, 0.29) is 5.91 Å². The van der Waals surface area contributed by atoms with Crippen LogP contribution in [-0.4, -0.2) is 22.2 Å². The Balaban J connectivity index is 1.83. The maximum atomic E-state index is 11.8. The number of hydrogen-bond acceptors (Lipinski definition) is 4. The van der Waals surface area contributed by atoms with Crippen LogP contribution in [0.25, 0.3) is 0 Å². The first-order valence-electron chi connectivity index (χ1n) is 5.27. The number of nitrogen functional groups attached to an aromatic ring is 1. The Kier molecular flexibility index (Phi) is 3.43. The predicted octanol–water partition coefficient (Wildman–Crippen LogP) is 1.27. The smallest absolute Gasteiger partial charge is 0.261 e. The number of aromatic nitrogens is 2. The number of hydrogen-bond donors (Lipinski definition) is 2. The zero-order valence-corrected chi connectivity index (χ0v) is 10.3. The summed E-state index contributed by atoms with van der Waals surface area (Å²) in [5.74, 6) is -0.0300. The van der Waals surface area contributed by atoms with Gasteiger partial charge in [-0.1, -0.05) is 0 Å². The van der Waals surface area contributed by atoms with Crippen LogP contribution in [0.4, 0.5) is 5.69 Å². The highest BCUT2D eigenvalue weighted by molar-refractivity contribution is 7.12. The summed E-state index contributed by atoms with van der Waals surface area (Å²) in [4.78, 5) is 12.5. The van der Waals surface area contributed by atoms with Crippen molar-refractivity contribution in [2.24, 2.45) is 0 Å². The number of nitrogens with two attached hydrogens (primary N) is 1. The zero-order valence-electron chi connectivity index (χ0n) is 9.51. The van der Waals surface area contributed by atoms with Gasteiger partial charge < -0.3 is 11.1 Å². The third-order valence-electron chi connectivity index (χ3n) is 2.35. The molecule has 0 saturated heterocycles. The van der Waals surface area contributed by atoms with Crippen molar-refractivity contribution in [3.05, 3.63) is 34.3 Å². The van der Waals surface area contributed by atoms with Crippen LogP contribution in [0, 0.1) is 6.92 Å². The molecule has 0 aliphatic rings. The average Bonchev–Trinajstić information content (AvgIpc) is 2.87.